The van der Waals surface area contributed by atoms with Gasteiger partial charge in [-0.2, -0.15) is 0 Å². The standard InChI is InChI=1S/C16H13F3N2O4S/c1-10(26-14-8-4-12(5-9-14)21(23)24)15(22)20-11-2-6-13(7-3-11)25-16(17,18)19/h2-10H,1H3,(H,20,22). The zero-order chi connectivity index (χ0) is 19.3. The number of carbonyl (C=O) groups excluding carboxylic acids is 1. The number of nitrogens with one attached hydrogen (secondary N) is 1. The lowest BCUT2D eigenvalue weighted by Crippen LogP contribution is -2.22. The van der Waals surface area contributed by atoms with Gasteiger partial charge in [0.25, 0.3) is 5.69 Å². The molecule has 10 heteroatoms. The van der Waals surface area contributed by atoms with Crippen LogP contribution in [0.1, 0.15) is 6.92 Å². The summed E-state index contributed by atoms with van der Waals surface area (Å²) in [6, 6.07) is 10.5. The van der Waals surface area contributed by atoms with Crippen molar-refractivity contribution in [2.75, 3.05) is 5.32 Å². The fraction of sp³-hybridized carbons (Fsp3) is 0.188. The van der Waals surface area contributed by atoms with Crippen molar-refractivity contribution in [3.63, 3.8) is 0 Å². The molecule has 2 aromatic rings. The van der Waals surface area contributed by atoms with Crippen molar-refractivity contribution < 1.29 is 27.6 Å². The molecule has 0 heterocycles. The normalized spacial score (nSPS) is 12.3. The second-order valence-electron chi connectivity index (χ2n) is 5.07. The molecule has 0 spiro atoms. The van der Waals surface area contributed by atoms with E-state index in [-0.39, 0.29) is 17.3 Å². The largest absolute Gasteiger partial charge is 0.573 e. The fourth-order valence-electron chi connectivity index (χ4n) is 1.89. The molecular formula is C16H13F3N2O4S. The maximum Gasteiger partial charge on any atom is 0.573 e. The number of ether oxygens (including phenoxy) is 1. The first kappa shape index (κ1) is 19.6. The molecule has 2 aromatic carbocycles. The number of nitro benzene ring substituents is 1. The monoisotopic (exact) mass is 386 g/mol. The Bertz CT molecular complexity index is 780. The van der Waals surface area contributed by atoms with E-state index in [9.17, 15) is 28.1 Å². The molecule has 1 atom stereocenters. The summed E-state index contributed by atoms with van der Waals surface area (Å²) in [6.07, 6.45) is -4.78. The molecule has 138 valence electrons. The van der Waals surface area contributed by atoms with Crippen LogP contribution in [0.5, 0.6) is 5.75 Å². The third kappa shape index (κ3) is 5.96. The van der Waals surface area contributed by atoms with E-state index in [2.05, 4.69) is 10.1 Å². The summed E-state index contributed by atoms with van der Waals surface area (Å²) in [5.41, 5.74) is 0.272. The molecule has 0 aromatic heterocycles. The summed E-state index contributed by atoms with van der Waals surface area (Å²) < 4.78 is 40.1. The molecule has 2 rings (SSSR count). The van der Waals surface area contributed by atoms with E-state index in [0.29, 0.717) is 10.6 Å². The number of hydrogen-bond donors (Lipinski definition) is 1. The van der Waals surface area contributed by atoms with Gasteiger partial charge in [-0.15, -0.1) is 24.9 Å². The lowest BCUT2D eigenvalue weighted by molar-refractivity contribution is -0.384. The van der Waals surface area contributed by atoms with Crippen molar-refractivity contribution in [1.29, 1.82) is 0 Å². The number of non-ortho nitro benzene ring substituents is 1. The van der Waals surface area contributed by atoms with Crippen LogP contribution in [0.4, 0.5) is 24.5 Å². The van der Waals surface area contributed by atoms with Gasteiger partial charge in [-0.05, 0) is 43.3 Å². The third-order valence-electron chi connectivity index (χ3n) is 3.09. The van der Waals surface area contributed by atoms with Crippen LogP contribution in [0.2, 0.25) is 0 Å². The van der Waals surface area contributed by atoms with Gasteiger partial charge < -0.3 is 10.1 Å². The van der Waals surface area contributed by atoms with Crippen LogP contribution in [-0.4, -0.2) is 22.4 Å². The minimum atomic E-state index is -4.78. The Morgan fingerprint density at radius 1 is 1.15 bits per heavy atom. The zero-order valence-corrected chi connectivity index (χ0v) is 14.1. The number of thioether (sulfide) groups is 1. The minimum absolute atomic E-state index is 0.0485. The summed E-state index contributed by atoms with van der Waals surface area (Å²) in [7, 11) is 0. The van der Waals surface area contributed by atoms with Gasteiger partial charge in [-0.3, -0.25) is 14.9 Å². The fourth-order valence-corrected chi connectivity index (χ4v) is 2.76. The van der Waals surface area contributed by atoms with Crippen molar-refractivity contribution >= 4 is 29.0 Å². The van der Waals surface area contributed by atoms with Crippen LogP contribution in [-0.2, 0) is 4.79 Å². The molecule has 0 saturated heterocycles. The Hall–Kier alpha value is -2.75. The van der Waals surface area contributed by atoms with Gasteiger partial charge in [0.15, 0.2) is 0 Å². The number of nitrogens with zero attached hydrogens (tertiary/aromatic N) is 1. The van der Waals surface area contributed by atoms with Gasteiger partial charge >= 0.3 is 6.36 Å². The Morgan fingerprint density at radius 2 is 1.73 bits per heavy atom. The maximum absolute atomic E-state index is 12.2. The van der Waals surface area contributed by atoms with Gasteiger partial charge in [-0.25, -0.2) is 0 Å². The molecule has 1 amide bonds. The summed E-state index contributed by atoms with van der Waals surface area (Å²) >= 11 is 1.19. The molecule has 0 bridgehead atoms. The first-order chi connectivity index (χ1) is 12.1. The molecular weight excluding hydrogens is 373 g/mol. The van der Waals surface area contributed by atoms with Crippen LogP contribution in [0.15, 0.2) is 53.4 Å². The zero-order valence-electron chi connectivity index (χ0n) is 13.3. The highest BCUT2D eigenvalue weighted by molar-refractivity contribution is 8.00. The number of anilines is 1. The smallest absolute Gasteiger partial charge is 0.406 e. The molecule has 0 aliphatic heterocycles. The number of alkyl halides is 3. The number of nitro groups is 1. The van der Waals surface area contributed by atoms with Gasteiger partial charge in [0, 0.05) is 22.7 Å². The molecule has 0 radical (unpaired) electrons. The molecule has 1 N–H and O–H groups in total. The highest BCUT2D eigenvalue weighted by atomic mass is 32.2. The van der Waals surface area contributed by atoms with E-state index in [0.717, 1.165) is 12.1 Å². The number of rotatable bonds is 6. The number of benzene rings is 2. The first-order valence-corrected chi connectivity index (χ1v) is 8.10. The highest BCUT2D eigenvalue weighted by Crippen LogP contribution is 2.27. The average Bonchev–Trinajstić information content (AvgIpc) is 2.55. The second-order valence-corrected chi connectivity index (χ2v) is 6.49. The third-order valence-corrected chi connectivity index (χ3v) is 4.20. The molecule has 26 heavy (non-hydrogen) atoms. The molecule has 0 aliphatic rings. The van der Waals surface area contributed by atoms with Crippen molar-refractivity contribution in [2.24, 2.45) is 0 Å². The Balaban J connectivity index is 1.93. The summed E-state index contributed by atoms with van der Waals surface area (Å²) in [5.74, 6) is -0.748. The Labute approximate surface area is 150 Å². The van der Waals surface area contributed by atoms with Crippen LogP contribution in [0.3, 0.4) is 0 Å². The van der Waals surface area contributed by atoms with Gasteiger partial charge in [0.1, 0.15) is 5.75 Å². The summed E-state index contributed by atoms with van der Waals surface area (Å²) in [4.78, 5) is 22.9. The number of halogens is 3. The quantitative estimate of drug-likeness (QED) is 0.445. The van der Waals surface area contributed by atoms with Crippen molar-refractivity contribution in [3.8, 4) is 5.75 Å². The van der Waals surface area contributed by atoms with E-state index < -0.39 is 16.5 Å². The molecule has 0 aliphatic carbocycles. The predicted octanol–water partition coefficient (Wildman–Crippen LogP) is 4.61. The first-order valence-electron chi connectivity index (χ1n) is 7.22. The predicted molar refractivity (Wildman–Crippen MR) is 90.2 cm³/mol. The van der Waals surface area contributed by atoms with Crippen molar-refractivity contribution in [2.45, 2.75) is 23.4 Å². The van der Waals surface area contributed by atoms with Gasteiger partial charge in [0.05, 0.1) is 10.2 Å². The second kappa shape index (κ2) is 8.09. The average molecular weight is 386 g/mol. The Morgan fingerprint density at radius 3 is 2.23 bits per heavy atom. The highest BCUT2D eigenvalue weighted by Gasteiger charge is 2.31. The van der Waals surface area contributed by atoms with Gasteiger partial charge in [0.2, 0.25) is 5.91 Å². The number of carbonyl (C=O) groups is 1. The molecule has 0 fully saturated rings. The van der Waals surface area contributed by atoms with E-state index >= 15 is 0 Å². The van der Waals surface area contributed by atoms with Crippen molar-refractivity contribution in [1.82, 2.24) is 0 Å². The van der Waals surface area contributed by atoms with Crippen LogP contribution in [0, 0.1) is 10.1 Å². The van der Waals surface area contributed by atoms with E-state index in [4.69, 9.17) is 0 Å². The Kier molecular flexibility index (Phi) is 6.09. The lowest BCUT2D eigenvalue weighted by Gasteiger charge is -2.13. The summed E-state index contributed by atoms with van der Waals surface area (Å²) in [6.45, 7) is 1.64. The van der Waals surface area contributed by atoms with Gasteiger partial charge in [-0.1, -0.05) is 0 Å². The van der Waals surface area contributed by atoms with E-state index in [1.54, 1.807) is 6.92 Å². The van der Waals surface area contributed by atoms with E-state index in [1.807, 2.05) is 0 Å². The molecule has 0 saturated carbocycles. The van der Waals surface area contributed by atoms with Crippen LogP contribution in [0.25, 0.3) is 0 Å². The maximum atomic E-state index is 12.2. The lowest BCUT2D eigenvalue weighted by atomic mass is 10.3. The summed E-state index contributed by atoms with van der Waals surface area (Å²) in [5, 5.41) is 12.7. The SMILES string of the molecule is CC(Sc1ccc([N+](=O)[O-])cc1)C(=O)Nc1ccc(OC(F)(F)F)cc1. The van der Waals surface area contributed by atoms with Crippen LogP contribution < -0.4 is 10.1 Å². The number of hydrogen-bond acceptors (Lipinski definition) is 5. The van der Waals surface area contributed by atoms with Crippen LogP contribution >= 0.6 is 11.8 Å². The minimum Gasteiger partial charge on any atom is -0.406 e. The topological polar surface area (TPSA) is 81.5 Å². The molecule has 6 nitrogen and oxygen atoms in total. The molecule has 1 unspecified atom stereocenters. The van der Waals surface area contributed by atoms with Crippen molar-refractivity contribution in [3.05, 3.63) is 58.6 Å². The van der Waals surface area contributed by atoms with E-state index in [1.165, 1.54) is 48.2 Å². The number of amides is 1.